The van der Waals surface area contributed by atoms with Crippen LogP contribution < -0.4 is 0 Å². The molecule has 27 valence electrons. The molecule has 0 fully saturated rings. The van der Waals surface area contributed by atoms with Gasteiger partial charge in [-0.2, -0.15) is 0 Å². The van der Waals surface area contributed by atoms with Crippen LogP contribution in [0.2, 0.25) is 0 Å². The Bertz CT molecular complexity index is 8.00. The molecule has 0 rings (SSSR count). The van der Waals surface area contributed by atoms with Gasteiger partial charge < -0.3 is 0 Å². The predicted molar refractivity (Wildman–Crippen MR) is 26.1 cm³/mol. The first-order valence-electron chi connectivity index (χ1n) is 0.123. The zero-order chi connectivity index (χ0) is 2.00. The molecule has 0 aromatic carbocycles. The SMILES string of the molecule is [GeH4].[LiH].[S]=[Ag]. The zero-order valence-electron chi connectivity index (χ0n) is 0.710. The zero-order valence-corrected chi connectivity index (χ0v) is 3.01. The minimum absolute atomic E-state index is 0. The van der Waals surface area contributed by atoms with E-state index >= 15 is 0 Å². The quantitative estimate of drug-likeness (QED) is 0.454. The number of rotatable bonds is 0. The Labute approximate surface area is 64.5 Å². The van der Waals surface area contributed by atoms with Crippen LogP contribution in [0.1, 0.15) is 0 Å². The van der Waals surface area contributed by atoms with Crippen LogP contribution in [0.15, 0.2) is 0 Å². The fraction of sp³-hybridized carbons (Fsp3) is 0. The Hall–Kier alpha value is 2.10. The van der Waals surface area contributed by atoms with Gasteiger partial charge in [-0.05, 0) is 0 Å². The normalized spacial score (nSPS) is 1.50. The van der Waals surface area contributed by atoms with Crippen molar-refractivity contribution in [3.05, 3.63) is 0 Å². The molecule has 0 aliphatic carbocycles. The van der Waals surface area contributed by atoms with E-state index < -0.39 is 0 Å². The van der Waals surface area contributed by atoms with Gasteiger partial charge in [0.15, 0.2) is 0 Å². The van der Waals surface area contributed by atoms with Gasteiger partial charge in [0.05, 0.1) is 0 Å². The molecular weight excluding hydrogens is 219 g/mol. The monoisotopic (exact) mass is 225 g/mol. The van der Waals surface area contributed by atoms with E-state index in [2.05, 4.69) is 28.8 Å². The summed E-state index contributed by atoms with van der Waals surface area (Å²) in [5.74, 6) is 0. The van der Waals surface area contributed by atoms with Crippen molar-refractivity contribution in [3.8, 4) is 0 Å². The molecule has 0 atom stereocenters. The molecule has 0 radical (unpaired) electrons. The van der Waals surface area contributed by atoms with Gasteiger partial charge in [0.2, 0.25) is 0 Å². The van der Waals surface area contributed by atoms with Crippen molar-refractivity contribution in [2.24, 2.45) is 0 Å². The predicted octanol–water partition coefficient (Wildman–Crippen LogP) is -1.45. The van der Waals surface area contributed by atoms with Crippen LogP contribution in [0.5, 0.6) is 0 Å². The second kappa shape index (κ2) is 19.4. The van der Waals surface area contributed by atoms with Gasteiger partial charge in [-0.15, -0.1) is 0 Å². The van der Waals surface area contributed by atoms with Gasteiger partial charge in [-0.25, -0.2) is 0 Å². The van der Waals surface area contributed by atoms with Gasteiger partial charge in [-0.3, -0.25) is 0 Å². The molecule has 0 amide bonds. The molecule has 0 aromatic heterocycles. The van der Waals surface area contributed by atoms with Crippen LogP contribution in [0.3, 0.4) is 0 Å². The Morgan fingerprint density at radius 2 is 1.25 bits per heavy atom. The molecule has 0 saturated heterocycles. The van der Waals surface area contributed by atoms with E-state index in [9.17, 15) is 0 Å². The molecule has 0 unspecified atom stereocenters. The van der Waals surface area contributed by atoms with Gasteiger partial charge in [0.25, 0.3) is 0 Å². The maximum atomic E-state index is 3.89. The van der Waals surface area contributed by atoms with Crippen LogP contribution in [-0.4, -0.2) is 36.5 Å². The summed E-state index contributed by atoms with van der Waals surface area (Å²) in [6, 6.07) is 0. The average molecular weight is 225 g/mol. The molecule has 0 aliphatic heterocycles. The van der Waals surface area contributed by atoms with E-state index in [0.29, 0.717) is 0 Å². The van der Waals surface area contributed by atoms with Crippen molar-refractivity contribution in [1.82, 2.24) is 0 Å². The van der Waals surface area contributed by atoms with Crippen molar-refractivity contribution in [3.63, 3.8) is 0 Å². The van der Waals surface area contributed by atoms with E-state index in [1.54, 1.807) is 0 Å². The van der Waals surface area contributed by atoms with Crippen LogP contribution >= 0.6 is 9.58 Å². The molecule has 0 heterocycles. The molecule has 0 saturated carbocycles. The molecule has 0 bridgehead atoms. The molecule has 0 aromatic rings. The summed E-state index contributed by atoms with van der Waals surface area (Å²) in [6.07, 6.45) is 0. The first-order chi connectivity index (χ1) is 1.00. The van der Waals surface area contributed by atoms with Crippen molar-refractivity contribution in [1.29, 1.82) is 0 Å². The van der Waals surface area contributed by atoms with Gasteiger partial charge in [0.1, 0.15) is 0 Å². The Kier molecular flexibility index (Phi) is 80.2. The molecule has 4 heavy (non-hydrogen) atoms. The maximum absolute atomic E-state index is 3.89. The molecule has 0 spiro atoms. The fourth-order valence-electron chi connectivity index (χ4n) is 0. The Morgan fingerprint density at radius 3 is 1.25 bits per heavy atom. The molecule has 0 nitrogen and oxygen atoms in total. The topological polar surface area (TPSA) is 0 Å². The Morgan fingerprint density at radius 1 is 1.25 bits per heavy atom. The van der Waals surface area contributed by atoms with E-state index in [0.717, 1.165) is 0 Å². The van der Waals surface area contributed by atoms with Crippen LogP contribution in [0.4, 0.5) is 0 Å². The van der Waals surface area contributed by atoms with E-state index in [1.165, 1.54) is 0 Å². The van der Waals surface area contributed by atoms with E-state index in [4.69, 9.17) is 0 Å². The minimum atomic E-state index is 0. The fourth-order valence-corrected chi connectivity index (χ4v) is 0. The third-order valence-electron chi connectivity index (χ3n) is 0. The summed E-state index contributed by atoms with van der Waals surface area (Å²) in [4.78, 5) is 0. The van der Waals surface area contributed by atoms with Crippen LogP contribution in [-0.2, 0) is 19.2 Å². The molecule has 0 N–H and O–H groups in total. The summed E-state index contributed by atoms with van der Waals surface area (Å²) in [7, 11) is 3.89. The Balaban J connectivity index is -0.00000000500. The molecular formula is H5AgGeLiS. The summed E-state index contributed by atoms with van der Waals surface area (Å²) < 4.78 is 0. The van der Waals surface area contributed by atoms with Gasteiger partial charge >= 0.3 is 65.2 Å². The van der Waals surface area contributed by atoms with E-state index in [1.807, 2.05) is 0 Å². The van der Waals surface area contributed by atoms with Crippen molar-refractivity contribution in [2.45, 2.75) is 0 Å². The number of hydrogen-bond acceptors (Lipinski definition) is 1. The summed E-state index contributed by atoms with van der Waals surface area (Å²) in [5.41, 5.74) is 0. The second-order valence-corrected chi connectivity index (χ2v) is 0. The van der Waals surface area contributed by atoms with Crippen LogP contribution in [0.25, 0.3) is 0 Å². The van der Waals surface area contributed by atoms with Gasteiger partial charge in [0, 0.05) is 0 Å². The van der Waals surface area contributed by atoms with Crippen molar-refractivity contribution >= 4 is 46.0 Å². The summed E-state index contributed by atoms with van der Waals surface area (Å²) in [6.45, 7) is 0. The molecule has 4 heteroatoms. The second-order valence-electron chi connectivity index (χ2n) is 0. The van der Waals surface area contributed by atoms with Gasteiger partial charge in [-0.1, -0.05) is 0 Å². The van der Waals surface area contributed by atoms with E-state index in [-0.39, 0.29) is 36.5 Å². The third kappa shape index (κ3) is 8.93. The average Bonchev–Trinajstić information content (AvgIpc) is 1.00. The number of hydrogen-bond donors (Lipinski definition) is 0. The summed E-state index contributed by atoms with van der Waals surface area (Å²) >= 11 is 2.53. The van der Waals surface area contributed by atoms with Crippen molar-refractivity contribution < 1.29 is 19.2 Å². The first-order valence-corrected chi connectivity index (χ1v) is 2.18. The van der Waals surface area contributed by atoms with Crippen molar-refractivity contribution in [2.75, 3.05) is 0 Å². The van der Waals surface area contributed by atoms with Crippen LogP contribution in [0, 0.1) is 0 Å². The first kappa shape index (κ1) is 16.5. The third-order valence-corrected chi connectivity index (χ3v) is 0. The molecule has 0 aliphatic rings. The summed E-state index contributed by atoms with van der Waals surface area (Å²) in [5, 5.41) is 0. The standard InChI is InChI=1S/Ag.GeH4.Li.S.H/h;1H4;;;.